The molecule has 0 radical (unpaired) electrons. The molecule has 562 valence electrons. The summed E-state index contributed by atoms with van der Waals surface area (Å²) in [4.78, 5) is 24.7. The molecule has 94 heavy (non-hydrogen) atoms. The third-order valence-corrected chi connectivity index (χ3v) is 21.4. The first-order chi connectivity index (χ1) is 46.5. The molecule has 0 fully saturated rings. The molecule has 6 heteroatoms. The highest BCUT2D eigenvalue weighted by atomic mass is 16.5. The molecule has 3 N–H and O–H groups in total. The average Bonchev–Trinajstić information content (AvgIpc) is 3.79. The molecule has 0 spiro atoms. The molecular formula is C88H175NO5. The number of ether oxygens (including phenoxy) is 1. The number of hydrogen-bond donors (Lipinski definition) is 3. The van der Waals surface area contributed by atoms with E-state index in [0.717, 1.165) is 38.5 Å². The SMILES string of the molecule is CCCCCCCCCCCCCCCCCCCCCC(=O)OCCCCCCCCCCCCCCCCCCCCCCCCCCCCCCCCCCCCCCCCCC(=O)NC(CO)C(O)CCCCCCCCCCCCCCCCCCCCC. The van der Waals surface area contributed by atoms with Gasteiger partial charge in [-0.25, -0.2) is 0 Å². The zero-order valence-corrected chi connectivity index (χ0v) is 64.8. The van der Waals surface area contributed by atoms with Crippen molar-refractivity contribution in [3.63, 3.8) is 0 Å². The van der Waals surface area contributed by atoms with Crippen LogP contribution < -0.4 is 5.32 Å². The summed E-state index contributed by atoms with van der Waals surface area (Å²) in [7, 11) is 0. The van der Waals surface area contributed by atoms with Gasteiger partial charge in [0.15, 0.2) is 0 Å². The molecule has 1 amide bonds. The average molecular weight is 1330 g/mol. The summed E-state index contributed by atoms with van der Waals surface area (Å²) < 4.78 is 5.53. The van der Waals surface area contributed by atoms with Crippen molar-refractivity contribution in [3.8, 4) is 0 Å². The number of unbranched alkanes of at least 4 members (excludes halogenated alkanes) is 74. The second-order valence-corrected chi connectivity index (χ2v) is 30.9. The van der Waals surface area contributed by atoms with Crippen LogP contribution in [0.1, 0.15) is 528 Å². The number of carbonyl (C=O) groups excluding carboxylic acids is 2. The maximum absolute atomic E-state index is 12.6. The molecule has 0 rings (SSSR count). The van der Waals surface area contributed by atoms with Crippen molar-refractivity contribution in [2.24, 2.45) is 0 Å². The summed E-state index contributed by atoms with van der Waals surface area (Å²) >= 11 is 0. The van der Waals surface area contributed by atoms with E-state index in [4.69, 9.17) is 4.74 Å². The van der Waals surface area contributed by atoms with Crippen molar-refractivity contribution in [2.75, 3.05) is 13.2 Å². The lowest BCUT2D eigenvalue weighted by molar-refractivity contribution is -0.143. The Morgan fingerprint density at radius 1 is 0.255 bits per heavy atom. The Morgan fingerprint density at radius 2 is 0.436 bits per heavy atom. The third kappa shape index (κ3) is 79.8. The number of rotatable bonds is 85. The number of carbonyl (C=O) groups is 2. The zero-order valence-electron chi connectivity index (χ0n) is 64.8. The summed E-state index contributed by atoms with van der Waals surface area (Å²) in [6.07, 6.45) is 107. The van der Waals surface area contributed by atoms with E-state index in [1.54, 1.807) is 0 Å². The molecule has 2 unspecified atom stereocenters. The van der Waals surface area contributed by atoms with E-state index < -0.39 is 12.1 Å². The molecule has 0 aromatic carbocycles. The number of hydrogen-bond acceptors (Lipinski definition) is 5. The van der Waals surface area contributed by atoms with Gasteiger partial charge < -0.3 is 20.3 Å². The molecule has 0 aromatic rings. The van der Waals surface area contributed by atoms with Gasteiger partial charge in [0.2, 0.25) is 5.91 Å². The largest absolute Gasteiger partial charge is 0.466 e. The molecule has 0 aliphatic carbocycles. The van der Waals surface area contributed by atoms with Gasteiger partial charge in [0.05, 0.1) is 25.4 Å². The highest BCUT2D eigenvalue weighted by Crippen LogP contribution is 2.22. The maximum atomic E-state index is 12.6. The molecule has 2 atom stereocenters. The van der Waals surface area contributed by atoms with Crippen LogP contribution in [0.25, 0.3) is 0 Å². The van der Waals surface area contributed by atoms with Crippen LogP contribution in [0.15, 0.2) is 0 Å². The van der Waals surface area contributed by atoms with Gasteiger partial charge in [-0.15, -0.1) is 0 Å². The van der Waals surface area contributed by atoms with Crippen molar-refractivity contribution in [2.45, 2.75) is 540 Å². The van der Waals surface area contributed by atoms with E-state index in [0.29, 0.717) is 25.9 Å². The van der Waals surface area contributed by atoms with E-state index in [2.05, 4.69) is 19.2 Å². The number of aliphatic hydroxyl groups is 2. The first kappa shape index (κ1) is 92.9. The normalized spacial score (nSPS) is 12.3. The first-order valence-electron chi connectivity index (χ1n) is 44.3. The van der Waals surface area contributed by atoms with Gasteiger partial charge in [-0.3, -0.25) is 9.59 Å². The Morgan fingerprint density at radius 3 is 0.649 bits per heavy atom. The van der Waals surface area contributed by atoms with Crippen LogP contribution in [0.4, 0.5) is 0 Å². The smallest absolute Gasteiger partial charge is 0.305 e. The lowest BCUT2D eigenvalue weighted by Gasteiger charge is -2.22. The van der Waals surface area contributed by atoms with Crippen molar-refractivity contribution < 1.29 is 24.5 Å². The molecule has 0 aliphatic rings. The van der Waals surface area contributed by atoms with Crippen molar-refractivity contribution in [1.82, 2.24) is 5.32 Å². The van der Waals surface area contributed by atoms with Gasteiger partial charge in [0.1, 0.15) is 0 Å². The van der Waals surface area contributed by atoms with Gasteiger partial charge in [-0.2, -0.15) is 0 Å². The number of nitrogens with one attached hydrogen (secondary N) is 1. The predicted octanol–water partition coefficient (Wildman–Crippen LogP) is 29.6. The van der Waals surface area contributed by atoms with E-state index in [-0.39, 0.29) is 18.5 Å². The van der Waals surface area contributed by atoms with Crippen LogP contribution in [-0.4, -0.2) is 47.4 Å². The third-order valence-electron chi connectivity index (χ3n) is 21.4. The van der Waals surface area contributed by atoms with Crippen molar-refractivity contribution >= 4 is 11.9 Å². The van der Waals surface area contributed by atoms with Gasteiger partial charge in [-0.1, -0.05) is 489 Å². The topological polar surface area (TPSA) is 95.9 Å². The van der Waals surface area contributed by atoms with Crippen LogP contribution >= 0.6 is 0 Å². The molecule has 0 saturated heterocycles. The van der Waals surface area contributed by atoms with E-state index in [1.807, 2.05) is 0 Å². The van der Waals surface area contributed by atoms with E-state index in [9.17, 15) is 19.8 Å². The Labute approximate surface area is 591 Å². The molecule has 0 aromatic heterocycles. The Hall–Kier alpha value is -1.14. The highest BCUT2D eigenvalue weighted by molar-refractivity contribution is 5.76. The maximum Gasteiger partial charge on any atom is 0.305 e. The fraction of sp³-hybridized carbons (Fsp3) is 0.977. The fourth-order valence-electron chi connectivity index (χ4n) is 14.7. The zero-order chi connectivity index (χ0) is 67.7. The van der Waals surface area contributed by atoms with E-state index in [1.165, 1.54) is 456 Å². The molecule has 6 nitrogen and oxygen atoms in total. The summed E-state index contributed by atoms with van der Waals surface area (Å²) in [5.74, 6) is 0.00778. The minimum Gasteiger partial charge on any atom is -0.466 e. The number of amides is 1. The van der Waals surface area contributed by atoms with Gasteiger partial charge >= 0.3 is 5.97 Å². The minimum atomic E-state index is -0.660. The summed E-state index contributed by atoms with van der Waals surface area (Å²) in [6.45, 7) is 5.03. The van der Waals surface area contributed by atoms with Gasteiger partial charge in [0, 0.05) is 12.8 Å². The van der Waals surface area contributed by atoms with Crippen molar-refractivity contribution in [1.29, 1.82) is 0 Å². The quantitative estimate of drug-likeness (QED) is 0.0417. The van der Waals surface area contributed by atoms with E-state index >= 15 is 0 Å². The Kier molecular flexibility index (Phi) is 83.3. The standard InChI is InChI=1S/C88H175NO5/c1-3-5-7-9-11-13-15-17-19-21-44-48-52-56-60-64-68-72-76-80-86(91)85(84-90)89-87(92)81-77-73-69-65-61-57-53-49-46-42-40-38-36-34-32-30-28-26-24-23-25-27-29-31-33-35-37-39-41-43-47-51-55-59-63-67-71-75-79-83-94-88(93)82-78-74-70-66-62-58-54-50-45-22-20-18-16-14-12-10-8-6-4-2/h85-86,90-91H,3-84H2,1-2H3,(H,89,92). The van der Waals surface area contributed by atoms with Crippen LogP contribution in [0.2, 0.25) is 0 Å². The second kappa shape index (κ2) is 84.3. The predicted molar refractivity (Wildman–Crippen MR) is 417 cm³/mol. The molecule has 0 saturated carbocycles. The summed E-state index contributed by atoms with van der Waals surface area (Å²) in [5, 5.41) is 23.5. The van der Waals surface area contributed by atoms with Crippen LogP contribution in [0.5, 0.6) is 0 Å². The fourth-order valence-corrected chi connectivity index (χ4v) is 14.7. The Balaban J connectivity index is 3.27. The molecule has 0 heterocycles. The number of aliphatic hydroxyl groups excluding tert-OH is 2. The first-order valence-corrected chi connectivity index (χ1v) is 44.3. The monoisotopic (exact) mass is 1330 g/mol. The van der Waals surface area contributed by atoms with Gasteiger partial charge in [0.25, 0.3) is 0 Å². The lowest BCUT2D eigenvalue weighted by atomic mass is 10.0. The molecule has 0 aliphatic heterocycles. The highest BCUT2D eigenvalue weighted by Gasteiger charge is 2.20. The van der Waals surface area contributed by atoms with Crippen LogP contribution in [0.3, 0.4) is 0 Å². The summed E-state index contributed by atoms with van der Waals surface area (Å²) in [6, 6.07) is -0.536. The second-order valence-electron chi connectivity index (χ2n) is 30.9. The molecule has 0 bridgehead atoms. The van der Waals surface area contributed by atoms with Gasteiger partial charge in [-0.05, 0) is 25.7 Å². The molecular weight excluding hydrogens is 1150 g/mol. The Bertz CT molecular complexity index is 1390. The summed E-state index contributed by atoms with van der Waals surface area (Å²) in [5.41, 5.74) is 0. The van der Waals surface area contributed by atoms with Crippen LogP contribution in [-0.2, 0) is 14.3 Å². The van der Waals surface area contributed by atoms with Crippen molar-refractivity contribution in [3.05, 3.63) is 0 Å². The minimum absolute atomic E-state index is 0.0228. The number of esters is 1. The van der Waals surface area contributed by atoms with Crippen LogP contribution in [0, 0.1) is 0 Å². The lowest BCUT2D eigenvalue weighted by Crippen LogP contribution is -2.45.